The molecule has 0 aromatic rings. The lowest BCUT2D eigenvalue weighted by atomic mass is 10.5. The van der Waals surface area contributed by atoms with Gasteiger partial charge in [-0.15, -0.1) is 0 Å². The van der Waals surface area contributed by atoms with E-state index >= 15 is 0 Å². The fourth-order valence-corrected chi connectivity index (χ4v) is 10.2. The van der Waals surface area contributed by atoms with Crippen molar-refractivity contribution in [2.75, 3.05) is 6.23 Å². The van der Waals surface area contributed by atoms with E-state index in [0.717, 1.165) is 12.5 Å². The topological polar surface area (TPSA) is 35.5 Å². The molecule has 0 aliphatic heterocycles. The van der Waals surface area contributed by atoms with Crippen LogP contribution in [0.15, 0.2) is 12.2 Å². The average molecular weight is 275 g/mol. The minimum atomic E-state index is -1.88. The average Bonchev–Trinajstić information content (AvgIpc) is 2.13. The lowest BCUT2D eigenvalue weighted by Gasteiger charge is -2.33. The lowest BCUT2D eigenvalue weighted by Crippen LogP contribution is -2.47. The molecule has 0 bridgehead atoms. The Morgan fingerprint density at radius 2 is 1.76 bits per heavy atom. The van der Waals surface area contributed by atoms with Gasteiger partial charge < -0.3 is 8.85 Å². The normalized spacial score (nSPS) is 13.1. The maximum absolute atomic E-state index is 11.3. The molecule has 0 saturated heterocycles. The fourth-order valence-electron chi connectivity index (χ4n) is 1.86. The van der Waals surface area contributed by atoms with Crippen molar-refractivity contribution in [2.45, 2.75) is 52.5 Å². The van der Waals surface area contributed by atoms with Crippen LogP contribution in [0, 0.1) is 0 Å². The van der Waals surface area contributed by atoms with Gasteiger partial charge in [-0.2, -0.15) is 0 Å². The molecule has 0 rings (SSSR count). The van der Waals surface area contributed by atoms with Crippen LogP contribution in [-0.4, -0.2) is 28.8 Å². The number of allylic oxidation sites excluding steroid dienone is 1. The van der Waals surface area contributed by atoms with Crippen LogP contribution in [0.1, 0.15) is 20.3 Å². The van der Waals surface area contributed by atoms with E-state index in [0.29, 0.717) is 6.23 Å². The molecule has 0 spiro atoms. The third-order valence-corrected chi connectivity index (χ3v) is 9.23. The zero-order chi connectivity index (χ0) is 13.5. The van der Waals surface area contributed by atoms with Gasteiger partial charge in [-0.3, -0.25) is 0 Å². The quantitative estimate of drug-likeness (QED) is 0.405. The van der Waals surface area contributed by atoms with E-state index in [9.17, 15) is 4.79 Å². The Hall–Kier alpha value is -0.396. The van der Waals surface area contributed by atoms with E-state index < -0.39 is 16.6 Å². The van der Waals surface area contributed by atoms with Gasteiger partial charge in [0, 0.05) is 6.08 Å². The molecule has 0 heterocycles. The second-order valence-electron chi connectivity index (χ2n) is 5.48. The minimum absolute atomic E-state index is 0.272. The van der Waals surface area contributed by atoms with Crippen molar-refractivity contribution in [3.8, 4) is 0 Å². The smallest absolute Gasteiger partial charge is 0.330 e. The Balaban J connectivity index is 4.24. The predicted octanol–water partition coefficient (Wildman–Crippen LogP) is 3.48. The summed E-state index contributed by atoms with van der Waals surface area (Å²) in [5, 5.41) is 0. The molecule has 3 nitrogen and oxygen atoms in total. The summed E-state index contributed by atoms with van der Waals surface area (Å²) in [4.78, 5) is 11.3. The first-order valence-electron chi connectivity index (χ1n) is 6.22. The molecule has 0 saturated carbocycles. The molecule has 0 fully saturated rings. The first-order chi connectivity index (χ1) is 7.72. The van der Waals surface area contributed by atoms with Crippen molar-refractivity contribution in [3.63, 3.8) is 0 Å². The molecule has 0 aliphatic carbocycles. The SMILES string of the molecule is CC=CC(=O)OC[Si](C)(C)O[Si](C)(C)CCC. The van der Waals surface area contributed by atoms with Gasteiger partial charge >= 0.3 is 5.97 Å². The molecule has 5 heteroatoms. The van der Waals surface area contributed by atoms with E-state index in [1.807, 2.05) is 0 Å². The molecule has 0 aliphatic rings. The maximum Gasteiger partial charge on any atom is 0.330 e. The van der Waals surface area contributed by atoms with Gasteiger partial charge in [0.05, 0.1) is 0 Å². The summed E-state index contributed by atoms with van der Waals surface area (Å²) in [5.41, 5.74) is 0. The standard InChI is InChI=1S/C12H26O3Si2/c1-7-9-12(13)14-11-17(5,6)15-16(3,4)10-8-2/h7,9H,8,10-11H2,1-6H3. The molecule has 0 atom stereocenters. The second-order valence-corrected chi connectivity index (χ2v) is 14.1. The number of carbonyl (C=O) groups excluding carboxylic acids is 1. The van der Waals surface area contributed by atoms with Crippen molar-refractivity contribution in [3.05, 3.63) is 12.2 Å². The highest BCUT2D eigenvalue weighted by molar-refractivity contribution is 6.84. The number of hydrogen-bond donors (Lipinski definition) is 0. The molecule has 0 unspecified atom stereocenters. The number of rotatable bonds is 7. The van der Waals surface area contributed by atoms with Crippen molar-refractivity contribution in [2.24, 2.45) is 0 Å². The van der Waals surface area contributed by atoms with Gasteiger partial charge in [-0.1, -0.05) is 19.4 Å². The zero-order valence-electron chi connectivity index (χ0n) is 12.0. The Morgan fingerprint density at radius 3 is 2.24 bits per heavy atom. The zero-order valence-corrected chi connectivity index (χ0v) is 14.0. The Morgan fingerprint density at radius 1 is 1.18 bits per heavy atom. The largest absolute Gasteiger partial charge is 0.463 e. The van der Waals surface area contributed by atoms with Crippen LogP contribution in [0.5, 0.6) is 0 Å². The Kier molecular flexibility index (Phi) is 6.96. The van der Waals surface area contributed by atoms with Gasteiger partial charge in [0.25, 0.3) is 0 Å². The molecular formula is C12H26O3Si2. The highest BCUT2D eigenvalue weighted by atomic mass is 28.4. The Labute approximate surface area is 107 Å². The van der Waals surface area contributed by atoms with Gasteiger partial charge in [0.2, 0.25) is 8.32 Å². The highest BCUT2D eigenvalue weighted by Crippen LogP contribution is 2.20. The van der Waals surface area contributed by atoms with Crippen LogP contribution in [-0.2, 0) is 13.6 Å². The third-order valence-electron chi connectivity index (χ3n) is 2.27. The van der Waals surface area contributed by atoms with Crippen molar-refractivity contribution < 1.29 is 13.6 Å². The number of ether oxygens (including phenoxy) is 1. The molecule has 17 heavy (non-hydrogen) atoms. The van der Waals surface area contributed by atoms with Crippen LogP contribution < -0.4 is 0 Å². The molecule has 0 aromatic carbocycles. The molecular weight excluding hydrogens is 248 g/mol. The molecule has 100 valence electrons. The van der Waals surface area contributed by atoms with Crippen molar-refractivity contribution >= 4 is 22.6 Å². The summed E-state index contributed by atoms with van der Waals surface area (Å²) < 4.78 is 11.5. The summed E-state index contributed by atoms with van der Waals surface area (Å²) in [6.07, 6.45) is 4.73. The number of esters is 1. The molecule has 0 N–H and O–H groups in total. The van der Waals surface area contributed by atoms with Gasteiger partial charge in [-0.05, 0) is 39.2 Å². The lowest BCUT2D eigenvalue weighted by molar-refractivity contribution is -0.136. The van der Waals surface area contributed by atoms with Gasteiger partial charge in [0.15, 0.2) is 8.32 Å². The number of carbonyl (C=O) groups is 1. The first kappa shape index (κ1) is 16.6. The monoisotopic (exact) mass is 274 g/mol. The molecule has 0 amide bonds. The predicted molar refractivity (Wildman–Crippen MR) is 76.9 cm³/mol. The van der Waals surface area contributed by atoms with Crippen LogP contribution in [0.4, 0.5) is 0 Å². The molecule has 0 radical (unpaired) electrons. The Bertz CT molecular complexity index is 273. The summed E-state index contributed by atoms with van der Waals surface area (Å²) in [6.45, 7) is 12.7. The van der Waals surface area contributed by atoms with E-state index in [-0.39, 0.29) is 5.97 Å². The molecule has 0 aromatic heterocycles. The van der Waals surface area contributed by atoms with Crippen LogP contribution in [0.3, 0.4) is 0 Å². The van der Waals surface area contributed by atoms with Crippen molar-refractivity contribution in [1.29, 1.82) is 0 Å². The highest BCUT2D eigenvalue weighted by Gasteiger charge is 2.33. The van der Waals surface area contributed by atoms with Crippen LogP contribution in [0.2, 0.25) is 32.2 Å². The minimum Gasteiger partial charge on any atom is -0.463 e. The van der Waals surface area contributed by atoms with Gasteiger partial charge in [-0.25, -0.2) is 4.79 Å². The van der Waals surface area contributed by atoms with E-state index in [2.05, 4.69) is 33.1 Å². The summed E-state index contributed by atoms with van der Waals surface area (Å²) >= 11 is 0. The van der Waals surface area contributed by atoms with Crippen molar-refractivity contribution in [1.82, 2.24) is 0 Å². The number of hydrogen-bond acceptors (Lipinski definition) is 3. The van der Waals surface area contributed by atoms with E-state index in [4.69, 9.17) is 8.85 Å². The van der Waals surface area contributed by atoms with E-state index in [1.165, 1.54) is 6.08 Å². The fraction of sp³-hybridized carbons (Fsp3) is 0.750. The van der Waals surface area contributed by atoms with E-state index in [1.54, 1.807) is 13.0 Å². The maximum atomic E-state index is 11.3. The van der Waals surface area contributed by atoms with Crippen LogP contribution in [0.25, 0.3) is 0 Å². The first-order valence-corrected chi connectivity index (χ1v) is 12.4. The van der Waals surface area contributed by atoms with Crippen LogP contribution >= 0.6 is 0 Å². The third kappa shape index (κ3) is 8.34. The second kappa shape index (κ2) is 7.13. The van der Waals surface area contributed by atoms with Gasteiger partial charge in [0.1, 0.15) is 6.23 Å². The summed E-state index contributed by atoms with van der Waals surface area (Å²) in [6, 6.07) is 1.16. The summed E-state index contributed by atoms with van der Waals surface area (Å²) in [7, 11) is -3.46. The summed E-state index contributed by atoms with van der Waals surface area (Å²) in [5.74, 6) is -0.272.